The molecule has 102 valence electrons. The minimum absolute atomic E-state index is 0.141. The van der Waals surface area contributed by atoms with E-state index >= 15 is 0 Å². The summed E-state index contributed by atoms with van der Waals surface area (Å²) in [6, 6.07) is 0. The Hall–Kier alpha value is -1.32. The first-order valence-corrected chi connectivity index (χ1v) is 6.70. The predicted octanol–water partition coefficient (Wildman–Crippen LogP) is 2.62. The largest absolute Gasteiger partial charge is 0.466 e. The van der Waals surface area contributed by atoms with Crippen molar-refractivity contribution in [3.05, 3.63) is 11.6 Å². The summed E-state index contributed by atoms with van der Waals surface area (Å²) in [5.41, 5.74) is 1.03. The van der Waals surface area contributed by atoms with Crippen molar-refractivity contribution in [3.63, 3.8) is 0 Å². The van der Waals surface area contributed by atoms with E-state index in [0.29, 0.717) is 19.6 Å². The highest BCUT2D eigenvalue weighted by atomic mass is 16.5. The maximum Gasteiger partial charge on any atom is 0.330 e. The summed E-state index contributed by atoms with van der Waals surface area (Å²) in [6.07, 6.45) is 5.94. The first kappa shape index (κ1) is 14.7. The molecular weight excluding hydrogens is 232 g/mol. The van der Waals surface area contributed by atoms with Crippen LogP contribution in [0.2, 0.25) is 0 Å². The Morgan fingerprint density at radius 1 is 1.22 bits per heavy atom. The molecule has 1 rings (SSSR count). The van der Waals surface area contributed by atoms with Gasteiger partial charge in [-0.2, -0.15) is 0 Å². The van der Waals surface area contributed by atoms with Gasteiger partial charge in [0.2, 0.25) is 0 Å². The molecule has 0 aromatic carbocycles. The smallest absolute Gasteiger partial charge is 0.330 e. The summed E-state index contributed by atoms with van der Waals surface area (Å²) < 4.78 is 9.88. The summed E-state index contributed by atoms with van der Waals surface area (Å²) >= 11 is 0. The van der Waals surface area contributed by atoms with Crippen LogP contribution in [-0.2, 0) is 19.1 Å². The lowest BCUT2D eigenvalue weighted by atomic mass is 9.82. The third-order valence-corrected chi connectivity index (χ3v) is 3.10. The van der Waals surface area contributed by atoms with Gasteiger partial charge in [-0.3, -0.25) is 4.79 Å². The first-order chi connectivity index (χ1) is 8.67. The highest BCUT2D eigenvalue weighted by molar-refractivity contribution is 5.83. The third kappa shape index (κ3) is 4.90. The zero-order valence-electron chi connectivity index (χ0n) is 11.2. The molecule has 0 amide bonds. The van der Waals surface area contributed by atoms with Gasteiger partial charge in [0.25, 0.3) is 0 Å². The normalized spacial score (nSPS) is 21.7. The van der Waals surface area contributed by atoms with Gasteiger partial charge in [0.15, 0.2) is 0 Å². The van der Waals surface area contributed by atoms with Crippen LogP contribution in [0.5, 0.6) is 0 Å². The highest BCUT2D eigenvalue weighted by Crippen LogP contribution is 2.32. The molecule has 0 radical (unpaired) electrons. The maximum absolute atomic E-state index is 11.5. The van der Waals surface area contributed by atoms with Crippen LogP contribution in [0.15, 0.2) is 11.6 Å². The van der Waals surface area contributed by atoms with Crippen LogP contribution in [0.4, 0.5) is 0 Å². The summed E-state index contributed by atoms with van der Waals surface area (Å²) in [5, 5.41) is 0. The molecule has 0 aliphatic heterocycles. The minimum Gasteiger partial charge on any atom is -0.466 e. The first-order valence-electron chi connectivity index (χ1n) is 6.70. The van der Waals surface area contributed by atoms with Gasteiger partial charge in [-0.15, -0.1) is 0 Å². The molecule has 0 aromatic heterocycles. The standard InChI is InChI=1S/C14H22O4/c1-3-17-13(15)9-11-7-5-6-8-12(11)10-14(16)18-4-2/h9,12H,3-8,10H2,1-2H3/b11-9-. The second-order valence-electron chi connectivity index (χ2n) is 4.42. The number of allylic oxidation sites excluding steroid dienone is 1. The Morgan fingerprint density at radius 2 is 1.94 bits per heavy atom. The molecule has 1 aliphatic carbocycles. The number of carbonyl (C=O) groups is 2. The van der Waals surface area contributed by atoms with Crippen LogP contribution in [0.3, 0.4) is 0 Å². The van der Waals surface area contributed by atoms with E-state index in [2.05, 4.69) is 0 Å². The monoisotopic (exact) mass is 254 g/mol. The summed E-state index contributed by atoms with van der Waals surface area (Å²) in [7, 11) is 0. The summed E-state index contributed by atoms with van der Waals surface area (Å²) in [4.78, 5) is 23.0. The van der Waals surface area contributed by atoms with Crippen molar-refractivity contribution in [1.29, 1.82) is 0 Å². The molecule has 0 saturated heterocycles. The van der Waals surface area contributed by atoms with Crippen LogP contribution >= 0.6 is 0 Å². The van der Waals surface area contributed by atoms with Gasteiger partial charge in [0.05, 0.1) is 19.6 Å². The molecule has 1 unspecified atom stereocenters. The van der Waals surface area contributed by atoms with E-state index in [1.54, 1.807) is 19.9 Å². The topological polar surface area (TPSA) is 52.6 Å². The fourth-order valence-electron chi connectivity index (χ4n) is 2.29. The quantitative estimate of drug-likeness (QED) is 0.559. The molecule has 4 nitrogen and oxygen atoms in total. The summed E-state index contributed by atoms with van der Waals surface area (Å²) in [6.45, 7) is 4.37. The Kier molecular flexibility index (Phi) is 6.47. The molecule has 0 heterocycles. The van der Waals surface area contributed by atoms with Gasteiger partial charge >= 0.3 is 11.9 Å². The molecule has 0 bridgehead atoms. The average Bonchev–Trinajstić information content (AvgIpc) is 2.32. The Balaban J connectivity index is 2.61. The zero-order valence-corrected chi connectivity index (χ0v) is 11.2. The third-order valence-electron chi connectivity index (χ3n) is 3.10. The molecule has 1 aliphatic rings. The van der Waals surface area contributed by atoms with Crippen molar-refractivity contribution in [3.8, 4) is 0 Å². The zero-order chi connectivity index (χ0) is 13.4. The van der Waals surface area contributed by atoms with Gasteiger partial charge in [0, 0.05) is 6.08 Å². The van der Waals surface area contributed by atoms with Crippen LogP contribution in [0.25, 0.3) is 0 Å². The van der Waals surface area contributed by atoms with Crippen LogP contribution in [-0.4, -0.2) is 25.2 Å². The van der Waals surface area contributed by atoms with E-state index < -0.39 is 0 Å². The van der Waals surface area contributed by atoms with E-state index in [-0.39, 0.29) is 17.9 Å². The minimum atomic E-state index is -0.303. The number of ether oxygens (including phenoxy) is 2. The number of rotatable bonds is 5. The molecule has 0 aromatic rings. The number of carbonyl (C=O) groups excluding carboxylic acids is 2. The predicted molar refractivity (Wildman–Crippen MR) is 67.9 cm³/mol. The van der Waals surface area contributed by atoms with Crippen LogP contribution < -0.4 is 0 Å². The lowest BCUT2D eigenvalue weighted by Crippen LogP contribution is -2.18. The molecule has 18 heavy (non-hydrogen) atoms. The van der Waals surface area contributed by atoms with Crippen molar-refractivity contribution in [2.75, 3.05) is 13.2 Å². The van der Waals surface area contributed by atoms with Gasteiger partial charge in [0.1, 0.15) is 0 Å². The van der Waals surface area contributed by atoms with Crippen molar-refractivity contribution in [2.24, 2.45) is 5.92 Å². The van der Waals surface area contributed by atoms with Gasteiger partial charge < -0.3 is 9.47 Å². The molecule has 1 atom stereocenters. The van der Waals surface area contributed by atoms with Crippen molar-refractivity contribution in [2.45, 2.75) is 46.0 Å². The van der Waals surface area contributed by atoms with Gasteiger partial charge in [-0.1, -0.05) is 12.0 Å². The van der Waals surface area contributed by atoms with E-state index in [0.717, 1.165) is 31.3 Å². The van der Waals surface area contributed by atoms with E-state index in [1.165, 1.54) is 0 Å². The Bertz CT molecular complexity index is 320. The van der Waals surface area contributed by atoms with Crippen molar-refractivity contribution in [1.82, 2.24) is 0 Å². The Labute approximate surface area is 108 Å². The molecule has 0 spiro atoms. The number of esters is 2. The van der Waals surface area contributed by atoms with Gasteiger partial charge in [-0.25, -0.2) is 4.79 Å². The SMILES string of the molecule is CCOC(=O)/C=C1/CCCCC1CC(=O)OCC. The van der Waals surface area contributed by atoms with E-state index in [4.69, 9.17) is 9.47 Å². The lowest BCUT2D eigenvalue weighted by molar-refractivity contribution is -0.144. The second-order valence-corrected chi connectivity index (χ2v) is 4.42. The number of hydrogen-bond acceptors (Lipinski definition) is 4. The molecule has 4 heteroatoms. The van der Waals surface area contributed by atoms with Crippen LogP contribution in [0.1, 0.15) is 46.0 Å². The second kappa shape index (κ2) is 7.90. The van der Waals surface area contributed by atoms with E-state index in [9.17, 15) is 9.59 Å². The highest BCUT2D eigenvalue weighted by Gasteiger charge is 2.23. The number of hydrogen-bond donors (Lipinski definition) is 0. The van der Waals surface area contributed by atoms with Crippen molar-refractivity contribution >= 4 is 11.9 Å². The average molecular weight is 254 g/mol. The lowest BCUT2D eigenvalue weighted by Gasteiger charge is -2.24. The fraction of sp³-hybridized carbons (Fsp3) is 0.714. The maximum atomic E-state index is 11.5. The fourth-order valence-corrected chi connectivity index (χ4v) is 2.29. The Morgan fingerprint density at radius 3 is 2.61 bits per heavy atom. The van der Waals surface area contributed by atoms with Gasteiger partial charge in [-0.05, 0) is 39.0 Å². The van der Waals surface area contributed by atoms with E-state index in [1.807, 2.05) is 0 Å². The molecule has 1 fully saturated rings. The van der Waals surface area contributed by atoms with Crippen molar-refractivity contribution < 1.29 is 19.1 Å². The molecule has 0 N–H and O–H groups in total. The summed E-state index contributed by atoms with van der Waals surface area (Å²) in [5.74, 6) is -0.343. The molecular formula is C14H22O4. The van der Waals surface area contributed by atoms with Crippen LogP contribution in [0, 0.1) is 5.92 Å². The molecule has 1 saturated carbocycles.